The molecule has 0 amide bonds. The third-order valence-corrected chi connectivity index (χ3v) is 12.6. The second-order valence-electron chi connectivity index (χ2n) is 13.7. The third kappa shape index (κ3) is 3.05. The highest BCUT2D eigenvalue weighted by Crippen LogP contribution is 2.80. The lowest BCUT2D eigenvalue weighted by molar-refractivity contribution is -0.318. The first-order valence-corrected chi connectivity index (χ1v) is 14.9. The highest BCUT2D eigenvalue weighted by Gasteiger charge is 2.91. The first kappa shape index (κ1) is 29.1. The maximum atomic E-state index is 13.5. The van der Waals surface area contributed by atoms with Gasteiger partial charge >= 0.3 is 5.97 Å². The summed E-state index contributed by atoms with van der Waals surface area (Å²) in [5, 5.41) is 49.4. The number of carbonyl (C=O) groups excluding carboxylic acids is 1. The number of benzene rings is 1. The third-order valence-electron chi connectivity index (χ3n) is 12.6. The van der Waals surface area contributed by atoms with Gasteiger partial charge in [0.15, 0.2) is 0 Å². The SMILES string of the molecule is COC[C@]12CN(C)[C@@H]3[C@@H]4[C@@H](OC)[C@H]1[C@@]3([C@@H](OC)C[C@@H]2O)[C@@H]1C[C@@]2(O)[C@@H](OC(=O)c3ccccc3)[C@@H]1[C@]4(O)[C@H](O)[C@@H]2OC. The minimum absolute atomic E-state index is 0.102. The number of ether oxygens (including phenoxy) is 5. The number of fused-ring (bicyclic) bond motifs is 2. The predicted molar refractivity (Wildman–Crippen MR) is 146 cm³/mol. The van der Waals surface area contributed by atoms with Crippen LogP contribution < -0.4 is 0 Å². The zero-order chi connectivity index (χ0) is 30.0. The Bertz CT molecular complexity index is 1240. The number of likely N-dealkylation sites (tertiary alicyclic amines) is 1. The Balaban J connectivity index is 1.47. The van der Waals surface area contributed by atoms with Crippen LogP contribution in [0.1, 0.15) is 23.2 Å². The van der Waals surface area contributed by atoms with Crippen molar-refractivity contribution in [3.63, 3.8) is 0 Å². The first-order chi connectivity index (χ1) is 20.0. The average Bonchev–Trinajstić information content (AvgIpc) is 3.37. The predicted octanol–water partition coefficient (Wildman–Crippen LogP) is -0.313. The van der Waals surface area contributed by atoms with Crippen molar-refractivity contribution < 1.29 is 48.9 Å². The van der Waals surface area contributed by atoms with Gasteiger partial charge in [-0.1, -0.05) is 18.2 Å². The van der Waals surface area contributed by atoms with E-state index in [-0.39, 0.29) is 25.0 Å². The van der Waals surface area contributed by atoms with Gasteiger partial charge in [0.25, 0.3) is 0 Å². The zero-order valence-corrected chi connectivity index (χ0v) is 24.8. The monoisotopic (exact) mass is 589 g/mol. The Hall–Kier alpha value is -1.67. The van der Waals surface area contributed by atoms with Crippen LogP contribution in [0.15, 0.2) is 30.3 Å². The Morgan fingerprint density at radius 1 is 1.00 bits per heavy atom. The molecule has 1 aromatic carbocycles. The molecule has 5 saturated carbocycles. The van der Waals surface area contributed by atoms with Crippen molar-refractivity contribution in [1.82, 2.24) is 4.90 Å². The number of nitrogens with zero attached hydrogens (tertiary/aromatic N) is 1. The van der Waals surface area contributed by atoms with Crippen LogP contribution in [-0.4, -0.2) is 134 Å². The second-order valence-corrected chi connectivity index (χ2v) is 13.7. The summed E-state index contributed by atoms with van der Waals surface area (Å²) in [5.74, 6) is -2.96. The molecule has 7 bridgehead atoms. The van der Waals surface area contributed by atoms with Crippen molar-refractivity contribution in [3.05, 3.63) is 35.9 Å². The van der Waals surface area contributed by atoms with Crippen molar-refractivity contribution in [1.29, 1.82) is 0 Å². The Labute approximate surface area is 245 Å². The van der Waals surface area contributed by atoms with Crippen LogP contribution in [0, 0.1) is 34.5 Å². The standard InChI is InChI=1S/C31H43NO10/c1-32-13-28(14-38-2)17(33)11-18(39-3)30-16-12-29(36)25(42-27(35)15-9-7-6-8-10-15)19(16)31(37,24(34)26(29)41-5)20(23(30)32)21(40-4)22(28)30/h6-10,16-26,33-34,36-37H,11-14H2,1-5H3/t16-,17+,18+,19-,20+,21-,22-,23-,24-,25+,26+,28+,29-,30+,31-/m1/s1. The van der Waals surface area contributed by atoms with E-state index >= 15 is 0 Å². The highest BCUT2D eigenvalue weighted by molar-refractivity contribution is 5.89. The van der Waals surface area contributed by atoms with E-state index in [4.69, 9.17) is 23.7 Å². The summed E-state index contributed by atoms with van der Waals surface area (Å²) in [7, 11) is 8.22. The highest BCUT2D eigenvalue weighted by atomic mass is 16.6. The first-order valence-electron chi connectivity index (χ1n) is 14.9. The lowest BCUT2D eigenvalue weighted by Crippen LogP contribution is -2.80. The number of aliphatic hydroxyl groups excluding tert-OH is 2. The molecule has 1 aromatic rings. The van der Waals surface area contributed by atoms with Crippen LogP contribution in [0.5, 0.6) is 0 Å². The number of methoxy groups -OCH3 is 4. The number of hydrogen-bond donors (Lipinski definition) is 4. The molecule has 42 heavy (non-hydrogen) atoms. The minimum atomic E-state index is -1.86. The number of rotatable bonds is 7. The smallest absolute Gasteiger partial charge is 0.338 e. The van der Waals surface area contributed by atoms with Crippen molar-refractivity contribution in [2.24, 2.45) is 34.5 Å². The Kier molecular flexibility index (Phi) is 6.52. The summed E-state index contributed by atoms with van der Waals surface area (Å²) in [6.07, 6.45) is -5.28. The molecule has 11 heteroatoms. The van der Waals surface area contributed by atoms with Crippen LogP contribution in [0.25, 0.3) is 0 Å². The largest absolute Gasteiger partial charge is 0.455 e. The molecule has 0 unspecified atom stereocenters. The summed E-state index contributed by atoms with van der Waals surface area (Å²) in [6.45, 7) is 0.760. The van der Waals surface area contributed by atoms with Crippen LogP contribution in [0.3, 0.4) is 0 Å². The molecule has 15 atom stereocenters. The fraction of sp³-hybridized carbons (Fsp3) is 0.774. The molecule has 232 valence electrons. The van der Waals surface area contributed by atoms with Gasteiger partial charge in [-0.05, 0) is 31.5 Å². The lowest BCUT2D eigenvalue weighted by Gasteiger charge is -2.69. The molecule has 1 saturated heterocycles. The number of carbonyl (C=O) groups is 1. The van der Waals surface area contributed by atoms with E-state index in [1.807, 2.05) is 7.05 Å². The van der Waals surface area contributed by atoms with E-state index in [1.165, 1.54) is 7.11 Å². The van der Waals surface area contributed by atoms with Gasteiger partial charge in [0.2, 0.25) is 0 Å². The lowest BCUT2D eigenvalue weighted by atomic mass is 9.42. The van der Waals surface area contributed by atoms with Crippen molar-refractivity contribution in [2.45, 2.75) is 66.7 Å². The maximum Gasteiger partial charge on any atom is 0.338 e. The maximum absolute atomic E-state index is 13.5. The molecule has 5 aliphatic carbocycles. The normalized spacial score (nSPS) is 53.7. The molecule has 0 radical (unpaired) electrons. The van der Waals surface area contributed by atoms with E-state index in [1.54, 1.807) is 51.7 Å². The summed E-state index contributed by atoms with van der Waals surface area (Å²) in [4.78, 5) is 15.7. The summed E-state index contributed by atoms with van der Waals surface area (Å²) in [6, 6.07) is 8.22. The van der Waals surface area contributed by atoms with Crippen molar-refractivity contribution >= 4 is 5.97 Å². The van der Waals surface area contributed by atoms with Crippen LogP contribution in [0.4, 0.5) is 0 Å². The average molecular weight is 590 g/mol. The minimum Gasteiger partial charge on any atom is -0.455 e. The van der Waals surface area contributed by atoms with Crippen molar-refractivity contribution in [3.8, 4) is 0 Å². The van der Waals surface area contributed by atoms with Crippen molar-refractivity contribution in [2.75, 3.05) is 48.6 Å². The summed E-state index contributed by atoms with van der Waals surface area (Å²) < 4.78 is 30.3. The summed E-state index contributed by atoms with van der Waals surface area (Å²) in [5.41, 5.74) is -4.81. The number of esters is 1. The van der Waals surface area contributed by atoms with Gasteiger partial charge in [0.05, 0.1) is 30.5 Å². The van der Waals surface area contributed by atoms with E-state index in [0.29, 0.717) is 18.5 Å². The van der Waals surface area contributed by atoms with Gasteiger partial charge in [-0.2, -0.15) is 0 Å². The number of piperidine rings is 1. The quantitative estimate of drug-likeness (QED) is 0.311. The molecular weight excluding hydrogens is 546 g/mol. The van der Waals surface area contributed by atoms with Crippen LogP contribution in [-0.2, 0) is 23.7 Å². The molecule has 1 aliphatic heterocycles. The van der Waals surface area contributed by atoms with Gasteiger partial charge in [-0.15, -0.1) is 0 Å². The van der Waals surface area contributed by atoms with Gasteiger partial charge < -0.3 is 49.0 Å². The summed E-state index contributed by atoms with van der Waals surface area (Å²) >= 11 is 0. The number of aliphatic hydroxyl groups is 4. The van der Waals surface area contributed by atoms with E-state index in [9.17, 15) is 25.2 Å². The zero-order valence-electron chi connectivity index (χ0n) is 24.8. The van der Waals surface area contributed by atoms with E-state index in [0.717, 1.165) is 0 Å². The molecule has 1 spiro atoms. The molecule has 0 aromatic heterocycles. The fourth-order valence-electron chi connectivity index (χ4n) is 11.8. The van der Waals surface area contributed by atoms with Crippen LogP contribution >= 0.6 is 0 Å². The topological polar surface area (TPSA) is 147 Å². The van der Waals surface area contributed by atoms with Gasteiger partial charge in [-0.25, -0.2) is 4.79 Å². The van der Waals surface area contributed by atoms with E-state index < -0.39 is 82.4 Å². The second kappa shape index (κ2) is 9.42. The van der Waals surface area contributed by atoms with Gasteiger partial charge in [-0.3, -0.25) is 0 Å². The molecule has 11 nitrogen and oxygen atoms in total. The molecule has 4 N–H and O–H groups in total. The molecule has 6 fully saturated rings. The Morgan fingerprint density at radius 3 is 2.33 bits per heavy atom. The van der Waals surface area contributed by atoms with Gasteiger partial charge in [0.1, 0.15) is 29.5 Å². The molecule has 7 rings (SSSR count). The Morgan fingerprint density at radius 2 is 1.71 bits per heavy atom. The van der Waals surface area contributed by atoms with Gasteiger partial charge in [0, 0.05) is 76.0 Å². The fourth-order valence-corrected chi connectivity index (χ4v) is 11.8. The van der Waals surface area contributed by atoms with E-state index in [2.05, 4.69) is 4.90 Å². The molecular formula is C31H43NO10. The molecule has 1 heterocycles. The van der Waals surface area contributed by atoms with Crippen LogP contribution in [0.2, 0.25) is 0 Å². The molecule has 6 aliphatic rings. The number of hydrogen-bond acceptors (Lipinski definition) is 11.